The van der Waals surface area contributed by atoms with Crippen LogP contribution in [0, 0.1) is 29.0 Å². The van der Waals surface area contributed by atoms with Crippen molar-refractivity contribution in [2.75, 3.05) is 27.2 Å². The summed E-state index contributed by atoms with van der Waals surface area (Å²) in [6.45, 7) is 18.9. The molecule has 3 aromatic carbocycles. The molecule has 4 aromatic rings. The van der Waals surface area contributed by atoms with Crippen LogP contribution >= 0.6 is 0 Å². The van der Waals surface area contributed by atoms with Crippen LogP contribution in [0.2, 0.25) is 18.1 Å². The van der Waals surface area contributed by atoms with Gasteiger partial charge in [0.1, 0.15) is 30.3 Å². The third-order valence-electron chi connectivity index (χ3n) is 13.8. The van der Waals surface area contributed by atoms with E-state index in [1.807, 2.05) is 92.8 Å². The summed E-state index contributed by atoms with van der Waals surface area (Å²) in [5, 5.41) is 3.88. The Bertz CT molecular complexity index is 2350. The molecule has 8 rings (SSSR count). The van der Waals surface area contributed by atoms with Crippen LogP contribution in [-0.4, -0.2) is 73.4 Å². The first-order chi connectivity index (χ1) is 28.7. The van der Waals surface area contributed by atoms with Crippen molar-refractivity contribution in [3.8, 4) is 11.6 Å². The first-order valence-corrected chi connectivity index (χ1v) is 24.6. The molecule has 3 aliphatic carbocycles. The summed E-state index contributed by atoms with van der Waals surface area (Å²) < 4.78 is 43.5. The molecule has 0 radical (unpaired) electrons. The Hall–Kier alpha value is -4.49. The minimum absolute atomic E-state index is 0.0182. The van der Waals surface area contributed by atoms with E-state index in [1.54, 1.807) is 0 Å². The van der Waals surface area contributed by atoms with Crippen molar-refractivity contribution in [2.45, 2.75) is 110 Å². The second-order valence-corrected chi connectivity index (χ2v) is 25.3. The summed E-state index contributed by atoms with van der Waals surface area (Å²) in [6.07, 6.45) is 0.848. The molecule has 5 atom stereocenters. The Balaban J connectivity index is 1.28. The molecule has 324 valence electrons. The van der Waals surface area contributed by atoms with Crippen LogP contribution in [0.5, 0.6) is 11.6 Å². The molecule has 0 saturated heterocycles. The van der Waals surface area contributed by atoms with Gasteiger partial charge in [-0.2, -0.15) is 0 Å². The molecule has 4 aliphatic rings. The Morgan fingerprint density at radius 2 is 1.51 bits per heavy atom. The van der Waals surface area contributed by atoms with Crippen LogP contribution in [0.4, 0.5) is 4.39 Å². The zero-order valence-electron chi connectivity index (χ0n) is 37.3. The maximum absolute atomic E-state index is 17.3. The van der Waals surface area contributed by atoms with Crippen molar-refractivity contribution >= 4 is 25.7 Å². The van der Waals surface area contributed by atoms with Gasteiger partial charge in [0.15, 0.2) is 31.2 Å². The van der Waals surface area contributed by atoms with E-state index in [1.165, 1.54) is 0 Å². The monoisotopic (exact) mass is 849 g/mol. The van der Waals surface area contributed by atoms with E-state index in [9.17, 15) is 0 Å². The average Bonchev–Trinajstić information content (AvgIpc) is 3.61. The summed E-state index contributed by atoms with van der Waals surface area (Å²) >= 11 is 0. The topological polar surface area (TPSA) is 111 Å². The van der Waals surface area contributed by atoms with Crippen LogP contribution in [0.15, 0.2) is 65.2 Å². The van der Waals surface area contributed by atoms with Gasteiger partial charge in [0.2, 0.25) is 5.78 Å². The highest BCUT2D eigenvalue weighted by Gasteiger charge is 2.70. The Labute approximate surface area is 360 Å². The standard InChI is InChI=1S/C49H60FN3O7Si/c1-47(2,3)28-53-22-21-32-34(25-53)42(57-26-29-17-13-11-14-18-29)37-33(39(32)50)23-31-24-35-40(52(7)8)43-38(46(51-59-43)58-27-30-19-15-12-16-20-30)45(56)49(35,44(55)36(31)41(37)54)60-61(9,10)48(4,5)6/h11-20,31,35-36,40H,21-28H2,1-10H3/t31-,35-,36?,40-,49-/m0/s1. The van der Waals surface area contributed by atoms with Gasteiger partial charge in [0, 0.05) is 36.7 Å². The van der Waals surface area contributed by atoms with Gasteiger partial charge in [-0.3, -0.25) is 24.2 Å². The molecule has 1 aromatic heterocycles. The quantitative estimate of drug-likeness (QED) is 0.113. The van der Waals surface area contributed by atoms with Gasteiger partial charge in [-0.15, -0.1) is 0 Å². The lowest BCUT2D eigenvalue weighted by Gasteiger charge is -2.56. The molecule has 61 heavy (non-hydrogen) atoms. The van der Waals surface area contributed by atoms with Gasteiger partial charge in [0.05, 0.1) is 17.5 Å². The van der Waals surface area contributed by atoms with Crippen molar-refractivity contribution in [2.24, 2.45) is 23.2 Å². The molecule has 0 spiro atoms. The Morgan fingerprint density at radius 3 is 2.10 bits per heavy atom. The fourth-order valence-corrected chi connectivity index (χ4v) is 11.5. The van der Waals surface area contributed by atoms with Crippen molar-refractivity contribution in [1.29, 1.82) is 0 Å². The largest absolute Gasteiger partial charge is 0.488 e. The van der Waals surface area contributed by atoms with E-state index in [2.05, 4.69) is 51.6 Å². The predicted molar refractivity (Wildman–Crippen MR) is 233 cm³/mol. The predicted octanol–water partition coefficient (Wildman–Crippen LogP) is 9.20. The molecule has 10 nitrogen and oxygen atoms in total. The number of carbonyl (C=O) groups is 3. The molecular formula is C49H60FN3O7Si. The van der Waals surface area contributed by atoms with Gasteiger partial charge in [0.25, 0.3) is 5.88 Å². The number of ketones is 3. The number of hydrogen-bond acceptors (Lipinski definition) is 10. The molecule has 0 amide bonds. The third-order valence-corrected chi connectivity index (χ3v) is 18.2. The summed E-state index contributed by atoms with van der Waals surface area (Å²) in [4.78, 5) is 51.5. The van der Waals surface area contributed by atoms with Crippen LogP contribution in [0.1, 0.15) is 108 Å². The van der Waals surface area contributed by atoms with Gasteiger partial charge >= 0.3 is 0 Å². The molecule has 1 aliphatic heterocycles. The van der Waals surface area contributed by atoms with Gasteiger partial charge in [-0.05, 0) is 84.7 Å². The third kappa shape index (κ3) is 7.51. The second-order valence-electron chi connectivity index (χ2n) is 20.6. The first kappa shape index (κ1) is 43.2. The number of benzene rings is 3. The minimum atomic E-state index is -2.97. The average molecular weight is 850 g/mol. The van der Waals surface area contributed by atoms with Crippen molar-refractivity contribution in [3.05, 3.63) is 111 Å². The van der Waals surface area contributed by atoms with E-state index in [-0.39, 0.29) is 54.3 Å². The summed E-state index contributed by atoms with van der Waals surface area (Å²) in [5.41, 5.74) is 1.37. The smallest absolute Gasteiger partial charge is 0.265 e. The highest BCUT2D eigenvalue weighted by Crippen LogP contribution is 2.59. The van der Waals surface area contributed by atoms with Gasteiger partial charge in [-0.25, -0.2) is 4.39 Å². The molecule has 1 fully saturated rings. The number of halogens is 1. The normalized spacial score (nSPS) is 24.2. The fraction of sp³-hybridized carbons (Fsp3) is 0.510. The number of carbonyl (C=O) groups excluding carboxylic acids is 3. The second kappa shape index (κ2) is 15.7. The molecule has 2 heterocycles. The van der Waals surface area contributed by atoms with Crippen molar-refractivity contribution in [1.82, 2.24) is 15.0 Å². The molecular weight excluding hydrogens is 790 g/mol. The number of hydrogen-bond donors (Lipinski definition) is 0. The number of ether oxygens (including phenoxy) is 2. The van der Waals surface area contributed by atoms with Crippen LogP contribution in [-0.2, 0) is 41.8 Å². The molecule has 1 saturated carbocycles. The first-order valence-electron chi connectivity index (χ1n) is 21.6. The van der Waals surface area contributed by atoms with Crippen LogP contribution < -0.4 is 9.47 Å². The molecule has 0 bridgehead atoms. The van der Waals surface area contributed by atoms with Crippen molar-refractivity contribution < 1.29 is 37.2 Å². The SMILES string of the molecule is CN(C)[C@@H]1c2onc(OCc3ccccc3)c2C(=O)[C@@]2(O[Si](C)(C)C(C)(C)C)C(=O)C3C(=O)c4c(c(F)c5c(c4OCc4ccccc4)CN(CC(C)(C)C)CC5)C[C@H]3C[C@@H]12. The van der Waals surface area contributed by atoms with E-state index < -0.39 is 60.1 Å². The lowest BCUT2D eigenvalue weighted by molar-refractivity contribution is -0.151. The highest BCUT2D eigenvalue weighted by molar-refractivity contribution is 6.74. The van der Waals surface area contributed by atoms with E-state index in [0.29, 0.717) is 47.7 Å². The van der Waals surface area contributed by atoms with E-state index >= 15 is 18.8 Å². The molecule has 0 N–H and O–H groups in total. The summed E-state index contributed by atoms with van der Waals surface area (Å²) in [5.74, 6) is -4.13. The maximum Gasteiger partial charge on any atom is 0.265 e. The maximum atomic E-state index is 17.3. The van der Waals surface area contributed by atoms with Crippen LogP contribution in [0.3, 0.4) is 0 Å². The Kier molecular flexibility index (Phi) is 11.1. The lowest BCUT2D eigenvalue weighted by Crippen LogP contribution is -2.70. The van der Waals surface area contributed by atoms with E-state index in [0.717, 1.165) is 17.7 Å². The molecule has 1 unspecified atom stereocenters. The van der Waals surface area contributed by atoms with Gasteiger partial charge in [-0.1, -0.05) is 102 Å². The van der Waals surface area contributed by atoms with E-state index in [4.69, 9.17) is 18.4 Å². The zero-order chi connectivity index (χ0) is 43.8. The van der Waals surface area contributed by atoms with Crippen LogP contribution in [0.25, 0.3) is 0 Å². The fourth-order valence-electron chi connectivity index (χ4n) is 10.0. The zero-order valence-corrected chi connectivity index (χ0v) is 38.3. The minimum Gasteiger partial charge on any atom is -0.488 e. The lowest BCUT2D eigenvalue weighted by atomic mass is 9.54. The number of rotatable bonds is 10. The summed E-state index contributed by atoms with van der Waals surface area (Å²) in [7, 11) is 0.777. The highest BCUT2D eigenvalue weighted by atomic mass is 28.4. The number of aromatic nitrogens is 1. The van der Waals surface area contributed by atoms with Crippen molar-refractivity contribution in [3.63, 3.8) is 0 Å². The Morgan fingerprint density at radius 1 is 0.885 bits per heavy atom. The number of fused-ring (bicyclic) bond motifs is 5. The number of Topliss-reactive ketones (excluding diaryl/α,β-unsaturated/α-hetero) is 3. The molecule has 12 heteroatoms. The number of nitrogens with zero attached hydrogens (tertiary/aromatic N) is 3. The summed E-state index contributed by atoms with van der Waals surface area (Å²) in [6, 6.07) is 18.6. The van der Waals surface area contributed by atoms with Gasteiger partial charge < -0.3 is 18.4 Å².